The summed E-state index contributed by atoms with van der Waals surface area (Å²) in [6.45, 7) is 12.8. The zero-order valence-electron chi connectivity index (χ0n) is 19.5. The lowest BCUT2D eigenvalue weighted by molar-refractivity contribution is -0.136. The van der Waals surface area contributed by atoms with E-state index in [9.17, 15) is 22.8 Å². The summed E-state index contributed by atoms with van der Waals surface area (Å²) in [6.07, 6.45) is -3.83. The quantitative estimate of drug-likeness (QED) is 0.191. The fraction of sp³-hybridized carbons (Fsp3) is 0.360. The minimum Gasteiger partial charge on any atom is -0.494 e. The summed E-state index contributed by atoms with van der Waals surface area (Å²) in [7, 11) is 0. The molecule has 0 unspecified atom stereocenters. The lowest BCUT2D eigenvalue weighted by Gasteiger charge is -2.29. The summed E-state index contributed by atoms with van der Waals surface area (Å²) in [4.78, 5) is 30.5. The molecule has 1 heterocycles. The number of ether oxygens (including phenoxy) is 1. The zero-order chi connectivity index (χ0) is 26.0. The molecule has 10 heteroatoms. The first kappa shape index (κ1) is 26.2. The number of nitrogens with zero attached hydrogens (tertiary/aromatic N) is 3. The van der Waals surface area contributed by atoms with Crippen LogP contribution in [0.25, 0.3) is 4.85 Å². The van der Waals surface area contributed by atoms with Crippen LogP contribution in [-0.2, 0) is 11.0 Å². The van der Waals surface area contributed by atoms with Gasteiger partial charge in [0.05, 0.1) is 18.7 Å². The number of anilines is 1. The van der Waals surface area contributed by atoms with Crippen LogP contribution in [0.5, 0.6) is 5.75 Å². The summed E-state index contributed by atoms with van der Waals surface area (Å²) in [5.74, 6) is 0.183. The molecule has 1 amide bonds. The van der Waals surface area contributed by atoms with Crippen molar-refractivity contribution < 1.29 is 27.5 Å². The number of alkyl halides is 3. The predicted molar refractivity (Wildman–Crippen MR) is 130 cm³/mol. The average Bonchev–Trinajstić information content (AvgIpc) is 2.99. The van der Waals surface area contributed by atoms with Gasteiger partial charge in [-0.25, -0.2) is 4.85 Å². The first-order valence-corrected chi connectivity index (χ1v) is 11.3. The van der Waals surface area contributed by atoms with E-state index in [1.165, 1.54) is 6.07 Å². The Morgan fingerprint density at radius 2 is 1.83 bits per heavy atom. The molecule has 1 aliphatic heterocycles. The second-order valence-electron chi connectivity index (χ2n) is 8.45. The van der Waals surface area contributed by atoms with Gasteiger partial charge in [-0.15, -0.1) is 0 Å². The molecular formula is C25H24F3N3O3S. The number of halogens is 3. The van der Waals surface area contributed by atoms with E-state index < -0.39 is 28.9 Å². The van der Waals surface area contributed by atoms with Gasteiger partial charge >= 0.3 is 6.18 Å². The molecule has 0 aromatic heterocycles. The molecule has 184 valence electrons. The van der Waals surface area contributed by atoms with Crippen molar-refractivity contribution >= 4 is 40.4 Å². The van der Waals surface area contributed by atoms with Crippen LogP contribution in [0.1, 0.15) is 49.5 Å². The van der Waals surface area contributed by atoms with Crippen LogP contribution < -0.4 is 9.64 Å². The van der Waals surface area contributed by atoms with E-state index in [1.54, 1.807) is 49.9 Å². The average molecular weight is 504 g/mol. The molecule has 0 aliphatic carbocycles. The highest BCUT2D eigenvalue weighted by Crippen LogP contribution is 2.40. The standard InChI is InChI=1S/C25H24F3N3O3S/c1-5-21(32)16-7-10-18(11-8-16)34-14-6-13-30-23(35)31(22(33)24(30,2)3)17-9-12-20(29-4)19(15-17)25(26,27)28/h7-12,15H,5-6,13-14H2,1-3H3. The van der Waals surface area contributed by atoms with Crippen molar-refractivity contribution in [3.63, 3.8) is 0 Å². The summed E-state index contributed by atoms with van der Waals surface area (Å²) >= 11 is 5.48. The third-order valence-electron chi connectivity index (χ3n) is 5.78. The van der Waals surface area contributed by atoms with Crippen LogP contribution in [0.3, 0.4) is 0 Å². The van der Waals surface area contributed by atoms with Gasteiger partial charge in [0.25, 0.3) is 5.91 Å². The number of hydrogen-bond donors (Lipinski definition) is 0. The van der Waals surface area contributed by atoms with Crippen molar-refractivity contribution in [2.75, 3.05) is 18.1 Å². The van der Waals surface area contributed by atoms with Gasteiger partial charge in [-0.05, 0) is 68.9 Å². The van der Waals surface area contributed by atoms with Gasteiger partial charge < -0.3 is 9.64 Å². The normalized spacial score (nSPS) is 15.3. The van der Waals surface area contributed by atoms with Crippen LogP contribution >= 0.6 is 12.2 Å². The van der Waals surface area contributed by atoms with Gasteiger partial charge in [0.15, 0.2) is 16.6 Å². The maximum Gasteiger partial charge on any atom is 0.407 e. The maximum absolute atomic E-state index is 13.4. The molecule has 1 aliphatic rings. The van der Waals surface area contributed by atoms with E-state index >= 15 is 0 Å². The smallest absolute Gasteiger partial charge is 0.407 e. The SMILES string of the molecule is [C-]#[N+]c1ccc(N2C(=O)C(C)(C)N(CCCOc3ccc(C(=O)CC)cc3)C2=S)cc1C(F)(F)F. The molecule has 6 nitrogen and oxygen atoms in total. The predicted octanol–water partition coefficient (Wildman–Crippen LogP) is 6.03. The van der Waals surface area contributed by atoms with Crippen molar-refractivity contribution in [2.24, 2.45) is 0 Å². The molecule has 0 radical (unpaired) electrons. The largest absolute Gasteiger partial charge is 0.494 e. The summed E-state index contributed by atoms with van der Waals surface area (Å²) in [5.41, 5.74) is -2.15. The van der Waals surface area contributed by atoms with Gasteiger partial charge in [0.2, 0.25) is 0 Å². The van der Waals surface area contributed by atoms with Crippen molar-refractivity contribution in [2.45, 2.75) is 45.3 Å². The van der Waals surface area contributed by atoms with Gasteiger partial charge in [0.1, 0.15) is 11.3 Å². The lowest BCUT2D eigenvalue weighted by Crippen LogP contribution is -2.44. The Kier molecular flexibility index (Phi) is 7.50. The Morgan fingerprint density at radius 3 is 2.40 bits per heavy atom. The summed E-state index contributed by atoms with van der Waals surface area (Å²) in [5, 5.41) is 0.0890. The van der Waals surface area contributed by atoms with Gasteiger partial charge in [-0.3, -0.25) is 14.5 Å². The Balaban J connectivity index is 1.70. The van der Waals surface area contributed by atoms with Crippen molar-refractivity contribution in [3.8, 4) is 5.75 Å². The fourth-order valence-corrected chi connectivity index (χ4v) is 4.29. The summed E-state index contributed by atoms with van der Waals surface area (Å²) < 4.78 is 46.0. The van der Waals surface area contributed by atoms with Crippen LogP contribution in [-0.4, -0.2) is 40.4 Å². The molecule has 2 aromatic rings. The lowest BCUT2D eigenvalue weighted by atomic mass is 10.0. The van der Waals surface area contributed by atoms with E-state index in [-0.39, 0.29) is 16.6 Å². The van der Waals surface area contributed by atoms with Crippen molar-refractivity contribution in [1.29, 1.82) is 0 Å². The van der Waals surface area contributed by atoms with Gasteiger partial charge in [-0.2, -0.15) is 13.2 Å². The molecular weight excluding hydrogens is 479 g/mol. The first-order valence-electron chi connectivity index (χ1n) is 10.9. The molecule has 2 aromatic carbocycles. The van der Waals surface area contributed by atoms with Crippen LogP contribution in [0, 0.1) is 6.57 Å². The number of carbonyl (C=O) groups is 2. The van der Waals surface area contributed by atoms with Crippen LogP contribution in [0.15, 0.2) is 42.5 Å². The Labute approximate surface area is 207 Å². The third-order valence-corrected chi connectivity index (χ3v) is 6.18. The monoisotopic (exact) mass is 503 g/mol. The highest BCUT2D eigenvalue weighted by atomic mass is 32.1. The number of amides is 1. The van der Waals surface area contributed by atoms with Gasteiger partial charge in [-0.1, -0.05) is 13.0 Å². The Morgan fingerprint density at radius 1 is 1.17 bits per heavy atom. The summed E-state index contributed by atoms with van der Waals surface area (Å²) in [6, 6.07) is 9.95. The van der Waals surface area contributed by atoms with E-state index in [2.05, 4.69) is 4.85 Å². The number of hydrogen-bond acceptors (Lipinski definition) is 4. The first-order chi connectivity index (χ1) is 16.4. The van der Waals surface area contributed by atoms with Crippen LogP contribution in [0.4, 0.5) is 24.5 Å². The molecule has 0 atom stereocenters. The van der Waals surface area contributed by atoms with E-state index in [1.807, 2.05) is 0 Å². The molecule has 0 bridgehead atoms. The topological polar surface area (TPSA) is 54.2 Å². The van der Waals surface area contributed by atoms with Crippen LogP contribution in [0.2, 0.25) is 0 Å². The molecule has 0 N–H and O–H groups in total. The molecule has 35 heavy (non-hydrogen) atoms. The number of thiocarbonyl (C=S) groups is 1. The number of benzene rings is 2. The maximum atomic E-state index is 13.4. The number of Topliss-reactive ketones (excluding diaryl/α,β-unsaturated/α-hetero) is 1. The molecule has 0 spiro atoms. The Bertz CT molecular complexity index is 1190. The minimum absolute atomic E-state index is 0.0340. The number of rotatable bonds is 8. The second-order valence-corrected chi connectivity index (χ2v) is 8.81. The van der Waals surface area contributed by atoms with Crippen molar-refractivity contribution in [1.82, 2.24) is 4.90 Å². The fourth-order valence-electron chi connectivity index (χ4n) is 3.78. The third kappa shape index (κ3) is 5.30. The number of carbonyl (C=O) groups excluding carboxylic acids is 2. The molecule has 3 rings (SSSR count). The second kappa shape index (κ2) is 10.0. The Hall–Kier alpha value is -3.45. The van der Waals surface area contributed by atoms with E-state index in [4.69, 9.17) is 23.5 Å². The highest BCUT2D eigenvalue weighted by Gasteiger charge is 2.49. The highest BCUT2D eigenvalue weighted by molar-refractivity contribution is 7.80. The molecule has 1 saturated heterocycles. The molecule has 1 fully saturated rings. The van der Waals surface area contributed by atoms with Crippen molar-refractivity contribution in [3.05, 3.63) is 65.0 Å². The molecule has 0 saturated carbocycles. The van der Waals surface area contributed by atoms with Gasteiger partial charge in [0, 0.05) is 24.2 Å². The van der Waals surface area contributed by atoms with E-state index in [0.29, 0.717) is 37.3 Å². The van der Waals surface area contributed by atoms with E-state index in [0.717, 1.165) is 17.0 Å². The minimum atomic E-state index is -4.74. The zero-order valence-corrected chi connectivity index (χ0v) is 20.3. The number of ketones is 1.